The summed E-state index contributed by atoms with van der Waals surface area (Å²) in [6.07, 6.45) is 9.75. The number of nitrogens with zero attached hydrogens (tertiary/aromatic N) is 3. The van der Waals surface area contributed by atoms with E-state index in [0.717, 1.165) is 28.0 Å². The topological polar surface area (TPSA) is 50.7 Å². The first kappa shape index (κ1) is 13.9. The average Bonchev–Trinajstić information content (AvgIpc) is 3.15. The largest absolute Gasteiger partial charge is 0.360 e. The van der Waals surface area contributed by atoms with Crippen LogP contribution < -0.4 is 5.32 Å². The first-order valence-electron chi connectivity index (χ1n) is 7.40. The quantitative estimate of drug-likeness (QED) is 0.881. The minimum atomic E-state index is 0.674. The zero-order valence-corrected chi connectivity index (χ0v) is 13.4. The van der Waals surface area contributed by atoms with Crippen molar-refractivity contribution < 1.29 is 0 Å². The lowest BCUT2D eigenvalue weighted by Crippen LogP contribution is -2.03. The second kappa shape index (κ2) is 6.63. The molecule has 6 heteroatoms. The van der Waals surface area contributed by atoms with E-state index in [9.17, 15) is 0 Å². The summed E-state index contributed by atoms with van der Waals surface area (Å²) in [6, 6.07) is 0. The van der Waals surface area contributed by atoms with E-state index in [1.165, 1.54) is 37.1 Å². The highest BCUT2D eigenvalue weighted by molar-refractivity contribution is 7.23. The Bertz CT molecular complexity index is 543. The van der Waals surface area contributed by atoms with Gasteiger partial charge >= 0.3 is 0 Å². The van der Waals surface area contributed by atoms with E-state index in [2.05, 4.69) is 27.4 Å². The average molecular weight is 308 g/mol. The smallest absolute Gasteiger partial charge is 0.206 e. The van der Waals surface area contributed by atoms with Crippen molar-refractivity contribution >= 4 is 27.8 Å². The Kier molecular flexibility index (Phi) is 4.62. The molecule has 0 aliphatic heterocycles. The Balaban J connectivity index is 1.70. The molecule has 0 saturated heterocycles. The lowest BCUT2D eigenvalue weighted by molar-refractivity contribution is 0.442. The third-order valence-corrected chi connectivity index (χ3v) is 5.85. The first-order chi connectivity index (χ1) is 9.86. The van der Waals surface area contributed by atoms with Gasteiger partial charge in [0.25, 0.3) is 0 Å². The zero-order chi connectivity index (χ0) is 13.8. The van der Waals surface area contributed by atoms with Gasteiger partial charge in [0.05, 0.1) is 9.88 Å². The third kappa shape index (κ3) is 3.17. The monoisotopic (exact) mass is 308 g/mol. The van der Waals surface area contributed by atoms with Crippen LogP contribution in [-0.4, -0.2) is 21.7 Å². The minimum absolute atomic E-state index is 0.674. The summed E-state index contributed by atoms with van der Waals surface area (Å²) in [7, 11) is 0. The van der Waals surface area contributed by atoms with Crippen LogP contribution in [0.5, 0.6) is 0 Å². The molecule has 2 aromatic rings. The van der Waals surface area contributed by atoms with Crippen LogP contribution in [0, 0.1) is 0 Å². The molecule has 0 atom stereocenters. The summed E-state index contributed by atoms with van der Waals surface area (Å²) in [4.78, 5) is 5.78. The molecule has 1 saturated carbocycles. The Morgan fingerprint density at radius 2 is 2.05 bits per heavy atom. The maximum atomic E-state index is 4.62. The highest BCUT2D eigenvalue weighted by Gasteiger charge is 2.20. The summed E-state index contributed by atoms with van der Waals surface area (Å²) in [5.41, 5.74) is 0. The Labute approximate surface area is 127 Å². The third-order valence-electron chi connectivity index (χ3n) is 3.64. The zero-order valence-electron chi connectivity index (χ0n) is 11.8. The summed E-state index contributed by atoms with van der Waals surface area (Å²) in [6.45, 7) is 3.10. The molecule has 0 spiro atoms. The van der Waals surface area contributed by atoms with Crippen LogP contribution in [-0.2, 0) is 0 Å². The molecular weight excluding hydrogens is 288 g/mol. The first-order valence-corrected chi connectivity index (χ1v) is 9.03. The van der Waals surface area contributed by atoms with Crippen LogP contribution >= 0.6 is 22.7 Å². The maximum absolute atomic E-state index is 4.62. The highest BCUT2D eigenvalue weighted by atomic mass is 32.1. The molecule has 1 aliphatic rings. The van der Waals surface area contributed by atoms with Crippen molar-refractivity contribution in [2.75, 3.05) is 11.9 Å². The van der Waals surface area contributed by atoms with Gasteiger partial charge in [-0.1, -0.05) is 37.5 Å². The summed E-state index contributed by atoms with van der Waals surface area (Å²) < 4.78 is 0. The summed E-state index contributed by atoms with van der Waals surface area (Å²) >= 11 is 3.42. The number of thiazole rings is 1. The van der Waals surface area contributed by atoms with Crippen LogP contribution in [0.3, 0.4) is 0 Å². The van der Waals surface area contributed by atoms with Crippen LogP contribution in [0.4, 0.5) is 5.13 Å². The van der Waals surface area contributed by atoms with Crippen molar-refractivity contribution in [1.82, 2.24) is 15.2 Å². The summed E-state index contributed by atoms with van der Waals surface area (Å²) in [5.74, 6) is 0.674. The fourth-order valence-corrected chi connectivity index (χ4v) is 4.44. The predicted molar refractivity (Wildman–Crippen MR) is 85.6 cm³/mol. The van der Waals surface area contributed by atoms with E-state index in [1.807, 2.05) is 6.20 Å². The van der Waals surface area contributed by atoms with Gasteiger partial charge in [-0.15, -0.1) is 21.5 Å². The van der Waals surface area contributed by atoms with Gasteiger partial charge in [0.1, 0.15) is 0 Å². The number of nitrogens with one attached hydrogen (secondary N) is 1. The van der Waals surface area contributed by atoms with Gasteiger partial charge in [0, 0.05) is 18.7 Å². The SMILES string of the molecule is CCCNc1nnc(-c2cnc(C3CCCCC3)s2)s1. The number of rotatable bonds is 5. The van der Waals surface area contributed by atoms with Crippen molar-refractivity contribution in [3.05, 3.63) is 11.2 Å². The van der Waals surface area contributed by atoms with Gasteiger partial charge in [-0.05, 0) is 19.3 Å². The predicted octanol–water partition coefficient (Wildman–Crippen LogP) is 4.53. The number of anilines is 1. The second-order valence-corrected chi connectivity index (χ2v) is 7.28. The van der Waals surface area contributed by atoms with Crippen molar-refractivity contribution in [3.8, 4) is 9.88 Å². The summed E-state index contributed by atoms with van der Waals surface area (Å²) in [5, 5.41) is 14.9. The van der Waals surface area contributed by atoms with E-state index in [1.54, 1.807) is 22.7 Å². The van der Waals surface area contributed by atoms with Crippen LogP contribution in [0.2, 0.25) is 0 Å². The molecule has 20 heavy (non-hydrogen) atoms. The fraction of sp³-hybridized carbons (Fsp3) is 0.643. The van der Waals surface area contributed by atoms with Crippen LogP contribution in [0.25, 0.3) is 9.88 Å². The molecule has 0 bridgehead atoms. The lowest BCUT2D eigenvalue weighted by atomic mass is 9.90. The van der Waals surface area contributed by atoms with Gasteiger partial charge in [-0.3, -0.25) is 0 Å². The van der Waals surface area contributed by atoms with Crippen molar-refractivity contribution in [2.45, 2.75) is 51.4 Å². The van der Waals surface area contributed by atoms with Crippen molar-refractivity contribution in [2.24, 2.45) is 0 Å². The second-order valence-electron chi connectivity index (χ2n) is 5.24. The normalized spacial score (nSPS) is 16.4. The molecule has 2 aromatic heterocycles. The minimum Gasteiger partial charge on any atom is -0.360 e. The molecule has 1 aliphatic carbocycles. The van der Waals surface area contributed by atoms with E-state index >= 15 is 0 Å². The molecule has 108 valence electrons. The van der Waals surface area contributed by atoms with Gasteiger partial charge in [0.2, 0.25) is 5.13 Å². The van der Waals surface area contributed by atoms with Gasteiger partial charge in [-0.25, -0.2) is 4.98 Å². The van der Waals surface area contributed by atoms with Crippen LogP contribution in [0.1, 0.15) is 56.4 Å². The van der Waals surface area contributed by atoms with Crippen molar-refractivity contribution in [1.29, 1.82) is 0 Å². The number of aromatic nitrogens is 3. The fourth-order valence-electron chi connectivity index (χ4n) is 2.55. The van der Waals surface area contributed by atoms with Crippen molar-refractivity contribution in [3.63, 3.8) is 0 Å². The molecule has 1 fully saturated rings. The molecule has 1 N–H and O–H groups in total. The maximum Gasteiger partial charge on any atom is 0.206 e. The molecule has 2 heterocycles. The Hall–Kier alpha value is -1.01. The van der Waals surface area contributed by atoms with E-state index in [4.69, 9.17) is 0 Å². The van der Waals surface area contributed by atoms with E-state index in [0.29, 0.717) is 5.92 Å². The van der Waals surface area contributed by atoms with Gasteiger partial charge < -0.3 is 5.32 Å². The van der Waals surface area contributed by atoms with Gasteiger partial charge in [0.15, 0.2) is 5.01 Å². The van der Waals surface area contributed by atoms with Gasteiger partial charge in [-0.2, -0.15) is 0 Å². The molecule has 4 nitrogen and oxygen atoms in total. The van der Waals surface area contributed by atoms with Crippen LogP contribution in [0.15, 0.2) is 6.20 Å². The molecule has 0 radical (unpaired) electrons. The number of hydrogen-bond donors (Lipinski definition) is 1. The highest BCUT2D eigenvalue weighted by Crippen LogP contribution is 2.38. The van der Waals surface area contributed by atoms with E-state index < -0.39 is 0 Å². The lowest BCUT2D eigenvalue weighted by Gasteiger charge is -2.18. The Morgan fingerprint density at radius 3 is 2.85 bits per heavy atom. The molecular formula is C14H20N4S2. The molecule has 0 unspecified atom stereocenters. The molecule has 3 rings (SSSR count). The van der Waals surface area contributed by atoms with E-state index in [-0.39, 0.29) is 0 Å². The molecule has 0 amide bonds. The number of hydrogen-bond acceptors (Lipinski definition) is 6. The Morgan fingerprint density at radius 1 is 1.20 bits per heavy atom. The molecule has 0 aromatic carbocycles. The standard InChI is InChI=1S/C14H20N4S2/c1-2-8-15-14-18-17-13(20-14)11-9-16-12(19-11)10-6-4-3-5-7-10/h9-10H,2-8H2,1H3,(H,15,18).